The molecule has 218 valence electrons. The fourth-order valence-electron chi connectivity index (χ4n) is 3.26. The maximum absolute atomic E-state index is 12.6. The first-order valence-corrected chi connectivity index (χ1v) is 14.8. The standard InChI is InChI=1S/C21H29N3O12S3.Na/c1-5-24(8-9-33-37-36-35-25)19-12-15(2)17(14-21(19)32-4)22-23-18-13-16(6-7-20(18)31-3)38(26,27)11-10-34-39(28,29)30;/h6-7,12-14,25H,5,8-11H2,1-4H3,(H,28,29,30);/q;+1/p-1. The van der Waals surface area contributed by atoms with Gasteiger partial charge in [-0.2, -0.15) is 13.5 Å². The Balaban J connectivity index is 0.00000800. The first kappa shape index (κ1) is 36.5. The largest absolute Gasteiger partial charge is 1.00 e. The fourth-order valence-corrected chi connectivity index (χ4v) is 4.97. The molecule has 0 bridgehead atoms. The van der Waals surface area contributed by atoms with Crippen molar-refractivity contribution in [3.8, 4) is 11.5 Å². The summed E-state index contributed by atoms with van der Waals surface area (Å²) in [6, 6.07) is 7.39. The SMILES string of the molecule is CCN(CCOSOO[O-])c1cc(C)c(N=Nc2cc(S(=O)(=O)CCOS(=O)(=O)O)ccc2OC)cc1OC.[Na+]. The third-order valence-corrected chi connectivity index (χ3v) is 7.64. The Hall–Kier alpha value is -1.55. The van der Waals surface area contributed by atoms with E-state index in [1.54, 1.807) is 6.07 Å². The minimum atomic E-state index is -4.77. The van der Waals surface area contributed by atoms with Crippen molar-refractivity contribution in [2.24, 2.45) is 10.2 Å². The molecule has 0 fully saturated rings. The second-order valence-corrected chi connectivity index (χ2v) is 11.2. The van der Waals surface area contributed by atoms with E-state index in [-0.39, 0.29) is 52.5 Å². The van der Waals surface area contributed by atoms with Gasteiger partial charge in [-0.3, -0.25) is 13.8 Å². The third-order valence-electron chi connectivity index (χ3n) is 5.13. The topological polar surface area (TPSA) is 195 Å². The van der Waals surface area contributed by atoms with Crippen LogP contribution in [0.4, 0.5) is 17.1 Å². The number of likely N-dealkylation sites (N-methyl/N-ethyl adjacent to an activating group) is 1. The summed E-state index contributed by atoms with van der Waals surface area (Å²) in [5.41, 5.74) is 2.03. The molecule has 0 aromatic heterocycles. The summed E-state index contributed by atoms with van der Waals surface area (Å²) in [4.78, 5) is 1.79. The molecule has 0 atom stereocenters. The minimum Gasteiger partial charge on any atom is -0.691 e. The third kappa shape index (κ3) is 11.4. The molecule has 1 N–H and O–H groups in total. The van der Waals surface area contributed by atoms with Crippen LogP contribution in [0.3, 0.4) is 0 Å². The molecule has 2 rings (SSSR count). The molecule has 0 aliphatic heterocycles. The summed E-state index contributed by atoms with van der Waals surface area (Å²) in [5, 5.41) is 21.5. The molecule has 40 heavy (non-hydrogen) atoms. The second kappa shape index (κ2) is 17.4. The molecule has 0 heterocycles. The molecular weight excluding hydrogens is 605 g/mol. The van der Waals surface area contributed by atoms with Crippen LogP contribution in [-0.4, -0.2) is 67.7 Å². The van der Waals surface area contributed by atoms with Crippen molar-refractivity contribution in [2.45, 2.75) is 18.7 Å². The Kier molecular flexibility index (Phi) is 15.9. The van der Waals surface area contributed by atoms with E-state index in [9.17, 15) is 22.1 Å². The molecule has 2 aromatic carbocycles. The van der Waals surface area contributed by atoms with E-state index in [0.29, 0.717) is 36.9 Å². The number of nitrogens with zero attached hydrogens (tertiary/aromatic N) is 3. The van der Waals surface area contributed by atoms with Crippen molar-refractivity contribution < 1.29 is 83.4 Å². The Morgan fingerprint density at radius 2 is 1.68 bits per heavy atom. The van der Waals surface area contributed by atoms with E-state index in [4.69, 9.17) is 18.2 Å². The van der Waals surface area contributed by atoms with Crippen molar-refractivity contribution in [3.63, 3.8) is 0 Å². The average molecular weight is 634 g/mol. The van der Waals surface area contributed by atoms with Crippen LogP contribution in [0.1, 0.15) is 12.5 Å². The summed E-state index contributed by atoms with van der Waals surface area (Å²) in [6.07, 6.45) is 0. The Morgan fingerprint density at radius 3 is 2.27 bits per heavy atom. The number of methoxy groups -OCH3 is 2. The van der Waals surface area contributed by atoms with Crippen molar-refractivity contribution >= 4 is 49.6 Å². The van der Waals surface area contributed by atoms with Crippen LogP contribution in [-0.2, 0) is 38.0 Å². The molecular formula is C21H28N3NaO12S3. The zero-order chi connectivity index (χ0) is 29.1. The van der Waals surface area contributed by atoms with Crippen LogP contribution in [0.2, 0.25) is 0 Å². The second-order valence-electron chi connectivity index (χ2n) is 7.52. The molecule has 0 unspecified atom stereocenters. The molecule has 0 amide bonds. The maximum atomic E-state index is 12.6. The van der Waals surface area contributed by atoms with Gasteiger partial charge in [0.05, 0.1) is 49.5 Å². The van der Waals surface area contributed by atoms with Crippen LogP contribution in [0.25, 0.3) is 0 Å². The number of benzene rings is 2. The number of aryl methyl sites for hydroxylation is 1. The molecule has 0 saturated carbocycles. The van der Waals surface area contributed by atoms with Gasteiger partial charge in [-0.05, 0) is 43.7 Å². The van der Waals surface area contributed by atoms with Gasteiger partial charge in [0.2, 0.25) is 0 Å². The summed E-state index contributed by atoms with van der Waals surface area (Å²) >= 11 is 0.423. The Bertz CT molecular complexity index is 1340. The van der Waals surface area contributed by atoms with Crippen LogP contribution < -0.4 is 49.2 Å². The number of ether oxygens (including phenoxy) is 2. The van der Waals surface area contributed by atoms with Gasteiger partial charge in [0.1, 0.15) is 17.2 Å². The van der Waals surface area contributed by atoms with Gasteiger partial charge in [0, 0.05) is 19.2 Å². The quantitative estimate of drug-likeness (QED) is 0.0452. The Morgan fingerprint density at radius 1 is 1.00 bits per heavy atom. The van der Waals surface area contributed by atoms with Crippen molar-refractivity contribution in [2.75, 3.05) is 51.2 Å². The van der Waals surface area contributed by atoms with Gasteiger partial charge < -0.3 is 19.6 Å². The molecule has 15 nitrogen and oxygen atoms in total. The fraction of sp³-hybridized carbons (Fsp3) is 0.429. The van der Waals surface area contributed by atoms with Gasteiger partial charge in [-0.25, -0.2) is 12.6 Å². The van der Waals surface area contributed by atoms with Gasteiger partial charge in [0.25, 0.3) is 0 Å². The van der Waals surface area contributed by atoms with Gasteiger partial charge in [0.15, 0.2) is 22.2 Å². The number of rotatable bonds is 17. The summed E-state index contributed by atoms with van der Waals surface area (Å²) in [6.45, 7) is 4.25. The minimum absolute atomic E-state index is 0. The maximum Gasteiger partial charge on any atom is 1.00 e. The monoisotopic (exact) mass is 633 g/mol. The zero-order valence-corrected chi connectivity index (χ0v) is 26.9. The summed E-state index contributed by atoms with van der Waals surface area (Å²) < 4.78 is 79.3. The molecule has 0 radical (unpaired) electrons. The molecule has 0 aliphatic rings. The predicted octanol–water partition coefficient (Wildman–Crippen LogP) is -0.346. The first-order valence-electron chi connectivity index (χ1n) is 11.1. The predicted molar refractivity (Wildman–Crippen MR) is 138 cm³/mol. The molecule has 0 aliphatic carbocycles. The van der Waals surface area contributed by atoms with Crippen molar-refractivity contribution in [1.29, 1.82) is 0 Å². The van der Waals surface area contributed by atoms with E-state index in [1.807, 2.05) is 24.8 Å². The van der Waals surface area contributed by atoms with Crippen LogP contribution >= 0.6 is 12.3 Å². The van der Waals surface area contributed by atoms with Gasteiger partial charge in [-0.15, -0.1) is 9.45 Å². The van der Waals surface area contributed by atoms with Crippen molar-refractivity contribution in [1.82, 2.24) is 0 Å². The molecule has 19 heteroatoms. The summed E-state index contributed by atoms with van der Waals surface area (Å²) in [7, 11) is -5.88. The number of azo groups is 1. The molecule has 0 saturated heterocycles. The van der Waals surface area contributed by atoms with E-state index >= 15 is 0 Å². The van der Waals surface area contributed by atoms with E-state index < -0.39 is 32.6 Å². The van der Waals surface area contributed by atoms with E-state index in [1.165, 1.54) is 32.4 Å². The van der Waals surface area contributed by atoms with Crippen LogP contribution in [0.15, 0.2) is 45.5 Å². The zero-order valence-electron chi connectivity index (χ0n) is 22.4. The van der Waals surface area contributed by atoms with Crippen LogP contribution in [0.5, 0.6) is 11.5 Å². The van der Waals surface area contributed by atoms with Crippen molar-refractivity contribution in [3.05, 3.63) is 35.9 Å². The van der Waals surface area contributed by atoms with Gasteiger partial charge >= 0.3 is 40.0 Å². The van der Waals surface area contributed by atoms with Gasteiger partial charge in [-0.1, -0.05) is 0 Å². The number of sulfone groups is 1. The first-order chi connectivity index (χ1) is 18.5. The van der Waals surface area contributed by atoms with Crippen LogP contribution in [0, 0.1) is 6.92 Å². The molecule has 2 aromatic rings. The van der Waals surface area contributed by atoms with E-state index in [2.05, 4.69) is 23.8 Å². The molecule has 0 spiro atoms. The number of hydrogen-bond acceptors (Lipinski definition) is 15. The smallest absolute Gasteiger partial charge is 0.691 e. The number of hydrogen-bond donors (Lipinski definition) is 1. The summed E-state index contributed by atoms with van der Waals surface area (Å²) in [5.74, 6) is 0.0322. The van der Waals surface area contributed by atoms with E-state index in [0.717, 1.165) is 11.3 Å². The average Bonchev–Trinajstić information content (AvgIpc) is 2.89. The normalized spacial score (nSPS) is 11.8. The Labute approximate surface area is 259 Å². The number of anilines is 1.